The van der Waals surface area contributed by atoms with Crippen LogP contribution in [0.1, 0.15) is 49.0 Å². The first-order chi connectivity index (χ1) is 12.0. The van der Waals surface area contributed by atoms with Crippen molar-refractivity contribution in [1.29, 1.82) is 0 Å². The Hall–Kier alpha value is -1.92. The summed E-state index contributed by atoms with van der Waals surface area (Å²) in [6, 6.07) is 1.48. The van der Waals surface area contributed by atoms with Gasteiger partial charge in [-0.05, 0) is 18.9 Å². The summed E-state index contributed by atoms with van der Waals surface area (Å²) in [4.78, 5) is 33.6. The van der Waals surface area contributed by atoms with Crippen LogP contribution in [0.2, 0.25) is 10.0 Å². The molecule has 1 saturated carbocycles. The number of aromatic nitrogens is 3. The Morgan fingerprint density at radius 2 is 1.88 bits per heavy atom. The molecule has 2 aliphatic rings. The number of nitrogens with zero attached hydrogens (tertiary/aromatic N) is 3. The highest BCUT2D eigenvalue weighted by Gasteiger charge is 2.45. The van der Waals surface area contributed by atoms with Crippen LogP contribution in [0.25, 0.3) is 0 Å². The average Bonchev–Trinajstić information content (AvgIpc) is 2.87. The van der Waals surface area contributed by atoms with Gasteiger partial charge < -0.3 is 5.32 Å². The third kappa shape index (κ3) is 2.64. The zero-order valence-corrected chi connectivity index (χ0v) is 14.9. The molecule has 0 amide bonds. The second-order valence-electron chi connectivity index (χ2n) is 6.62. The summed E-state index contributed by atoms with van der Waals surface area (Å²) in [5, 5.41) is 3.51. The van der Waals surface area contributed by atoms with Gasteiger partial charge in [0.1, 0.15) is 22.7 Å². The van der Waals surface area contributed by atoms with Crippen molar-refractivity contribution in [2.45, 2.75) is 44.1 Å². The second kappa shape index (κ2) is 6.11. The summed E-state index contributed by atoms with van der Waals surface area (Å²) in [6.45, 7) is 0. The topological polar surface area (TPSA) is 76.9 Å². The van der Waals surface area contributed by atoms with E-state index in [1.807, 2.05) is 0 Å². The van der Waals surface area contributed by atoms with E-state index in [2.05, 4.69) is 15.3 Å². The number of anilines is 2. The molecule has 2 aromatic rings. The molecule has 3 heterocycles. The monoisotopic (exact) mass is 378 g/mol. The number of halogens is 2. The van der Waals surface area contributed by atoms with Crippen molar-refractivity contribution < 1.29 is 4.79 Å². The van der Waals surface area contributed by atoms with Crippen LogP contribution >= 0.6 is 23.2 Å². The summed E-state index contributed by atoms with van der Waals surface area (Å²) >= 11 is 12.4. The van der Waals surface area contributed by atoms with E-state index < -0.39 is 5.54 Å². The van der Waals surface area contributed by atoms with E-state index in [9.17, 15) is 9.59 Å². The summed E-state index contributed by atoms with van der Waals surface area (Å²) < 4.78 is 1.62. The molecular weight excluding hydrogens is 363 g/mol. The van der Waals surface area contributed by atoms with Crippen molar-refractivity contribution in [3.63, 3.8) is 0 Å². The lowest BCUT2D eigenvalue weighted by Gasteiger charge is -2.35. The minimum absolute atomic E-state index is 0.0596. The lowest BCUT2D eigenvalue weighted by molar-refractivity contribution is 0.0950. The molecule has 0 atom stereocenters. The Morgan fingerprint density at radius 3 is 2.60 bits per heavy atom. The standard InChI is InChI=1S/C17H16Cl2N4O2/c18-10-6-12(22-15-11(19)8-20-9-21-15)16(25)23-14(10)13(24)7-17(23)4-2-1-3-5-17/h6,8-9H,1-5,7H2,(H,20,21,22). The maximum absolute atomic E-state index is 13.2. The number of carbonyl (C=O) groups is 1. The number of fused-ring (bicyclic) bond motifs is 2. The molecule has 1 aliphatic carbocycles. The second-order valence-corrected chi connectivity index (χ2v) is 7.44. The molecule has 0 unspecified atom stereocenters. The molecule has 2 aromatic heterocycles. The van der Waals surface area contributed by atoms with Crippen LogP contribution < -0.4 is 10.9 Å². The van der Waals surface area contributed by atoms with E-state index in [0.29, 0.717) is 23.0 Å². The van der Waals surface area contributed by atoms with Crippen LogP contribution in [-0.4, -0.2) is 20.3 Å². The van der Waals surface area contributed by atoms with Crippen molar-refractivity contribution in [3.05, 3.63) is 44.7 Å². The van der Waals surface area contributed by atoms with Gasteiger partial charge in [-0.2, -0.15) is 0 Å². The van der Waals surface area contributed by atoms with Gasteiger partial charge in [0.2, 0.25) is 0 Å². The summed E-state index contributed by atoms with van der Waals surface area (Å²) in [6.07, 6.45) is 7.91. The molecule has 0 saturated heterocycles. The molecule has 130 valence electrons. The Labute approximate surface area is 154 Å². The largest absolute Gasteiger partial charge is 0.334 e. The molecule has 1 fully saturated rings. The van der Waals surface area contributed by atoms with Crippen LogP contribution in [0, 0.1) is 0 Å². The molecule has 0 bridgehead atoms. The van der Waals surface area contributed by atoms with Gasteiger partial charge in [-0.15, -0.1) is 0 Å². The summed E-state index contributed by atoms with van der Waals surface area (Å²) in [5.41, 5.74) is -0.123. The zero-order chi connectivity index (χ0) is 17.6. The molecule has 1 spiro atoms. The lowest BCUT2D eigenvalue weighted by atomic mass is 9.80. The molecule has 0 radical (unpaired) electrons. The minimum atomic E-state index is -0.446. The number of hydrogen-bond acceptors (Lipinski definition) is 5. The molecule has 8 heteroatoms. The van der Waals surface area contributed by atoms with Crippen LogP contribution in [0.15, 0.2) is 23.4 Å². The Morgan fingerprint density at radius 1 is 1.12 bits per heavy atom. The van der Waals surface area contributed by atoms with Crippen LogP contribution in [0.5, 0.6) is 0 Å². The van der Waals surface area contributed by atoms with Crippen LogP contribution in [0.3, 0.4) is 0 Å². The first kappa shape index (κ1) is 16.5. The van der Waals surface area contributed by atoms with E-state index >= 15 is 0 Å². The van der Waals surface area contributed by atoms with E-state index in [4.69, 9.17) is 23.2 Å². The molecular formula is C17H16Cl2N4O2. The van der Waals surface area contributed by atoms with E-state index in [-0.39, 0.29) is 22.1 Å². The first-order valence-corrected chi connectivity index (χ1v) is 8.99. The predicted molar refractivity (Wildman–Crippen MR) is 96.0 cm³/mol. The number of rotatable bonds is 2. The van der Waals surface area contributed by atoms with Crippen molar-refractivity contribution in [2.75, 3.05) is 5.32 Å². The van der Waals surface area contributed by atoms with Gasteiger partial charge >= 0.3 is 0 Å². The van der Waals surface area contributed by atoms with Crippen LogP contribution in [-0.2, 0) is 5.54 Å². The van der Waals surface area contributed by atoms with E-state index in [0.717, 1.165) is 32.1 Å². The molecule has 0 aromatic carbocycles. The Bertz CT molecular complexity index is 919. The number of pyridine rings is 1. The highest BCUT2D eigenvalue weighted by molar-refractivity contribution is 6.34. The van der Waals surface area contributed by atoms with Crippen molar-refractivity contribution in [2.24, 2.45) is 0 Å². The summed E-state index contributed by atoms with van der Waals surface area (Å²) in [7, 11) is 0. The van der Waals surface area contributed by atoms with Gasteiger partial charge in [-0.1, -0.05) is 42.5 Å². The molecule has 6 nitrogen and oxygen atoms in total. The maximum atomic E-state index is 13.2. The van der Waals surface area contributed by atoms with E-state index in [1.54, 1.807) is 4.57 Å². The van der Waals surface area contributed by atoms with Crippen molar-refractivity contribution in [1.82, 2.24) is 14.5 Å². The lowest BCUT2D eigenvalue weighted by Crippen LogP contribution is -2.40. The Balaban J connectivity index is 1.86. The highest BCUT2D eigenvalue weighted by Crippen LogP contribution is 2.44. The first-order valence-electron chi connectivity index (χ1n) is 8.24. The average molecular weight is 379 g/mol. The smallest absolute Gasteiger partial charge is 0.275 e. The van der Waals surface area contributed by atoms with Crippen molar-refractivity contribution >= 4 is 40.5 Å². The number of ketones is 1. The zero-order valence-electron chi connectivity index (χ0n) is 13.4. The highest BCUT2D eigenvalue weighted by atomic mass is 35.5. The third-order valence-corrected chi connectivity index (χ3v) is 5.65. The fourth-order valence-electron chi connectivity index (χ4n) is 3.99. The van der Waals surface area contributed by atoms with Gasteiger partial charge in [0, 0.05) is 6.42 Å². The van der Waals surface area contributed by atoms with Crippen molar-refractivity contribution in [3.8, 4) is 0 Å². The molecule has 1 aliphatic heterocycles. The fraction of sp³-hybridized carbons (Fsp3) is 0.412. The molecule has 1 N–H and O–H groups in total. The SMILES string of the molecule is O=C1CC2(CCCCC2)n2c1c(Cl)cc(Nc1ncncc1Cl)c2=O. The molecule has 4 rings (SSSR count). The van der Waals surface area contributed by atoms with Gasteiger partial charge in [0.25, 0.3) is 5.56 Å². The van der Waals surface area contributed by atoms with Gasteiger partial charge in [0.05, 0.1) is 16.8 Å². The normalized spacial score (nSPS) is 18.4. The molecule has 25 heavy (non-hydrogen) atoms. The van der Waals surface area contributed by atoms with Crippen LogP contribution in [0.4, 0.5) is 11.5 Å². The predicted octanol–water partition coefficient (Wildman–Crippen LogP) is 3.93. The Kier molecular flexibility index (Phi) is 4.04. The number of hydrogen-bond donors (Lipinski definition) is 1. The number of carbonyl (C=O) groups excluding carboxylic acids is 1. The number of nitrogens with one attached hydrogen (secondary N) is 1. The van der Waals surface area contributed by atoms with E-state index in [1.165, 1.54) is 18.6 Å². The number of Topliss-reactive ketones (excluding diaryl/α,β-unsaturated/α-hetero) is 1. The summed E-state index contributed by atoms with van der Waals surface area (Å²) in [5.74, 6) is 0.267. The third-order valence-electron chi connectivity index (χ3n) is 5.09. The van der Waals surface area contributed by atoms with Gasteiger partial charge in [0.15, 0.2) is 11.6 Å². The minimum Gasteiger partial charge on any atom is -0.334 e. The quantitative estimate of drug-likeness (QED) is 0.856. The van der Waals surface area contributed by atoms with Gasteiger partial charge in [-0.25, -0.2) is 9.97 Å². The maximum Gasteiger partial charge on any atom is 0.275 e. The van der Waals surface area contributed by atoms with Gasteiger partial charge in [-0.3, -0.25) is 14.2 Å². The fourth-order valence-corrected chi connectivity index (χ4v) is 4.44.